The van der Waals surface area contributed by atoms with E-state index >= 15 is 4.39 Å². The zero-order valence-corrected chi connectivity index (χ0v) is 23.7. The number of rotatable bonds is 10. The van der Waals surface area contributed by atoms with Crippen LogP contribution < -0.4 is 9.47 Å². The number of aromatic nitrogens is 1. The van der Waals surface area contributed by atoms with Crippen molar-refractivity contribution >= 4 is 5.97 Å². The number of fused-ring (bicyclic) bond motifs is 1. The molecule has 0 aliphatic carbocycles. The molecule has 7 heteroatoms. The number of nitrogens with zero attached hydrogens (tertiary/aromatic N) is 2. The number of carboxylic acid groups (broad SMARTS) is 1. The van der Waals surface area contributed by atoms with Gasteiger partial charge in [0.15, 0.2) is 0 Å². The van der Waals surface area contributed by atoms with Gasteiger partial charge in [-0.25, -0.2) is 9.37 Å². The third-order valence-corrected chi connectivity index (χ3v) is 7.54. The topological polar surface area (TPSA) is 71.9 Å². The zero-order valence-electron chi connectivity index (χ0n) is 23.7. The Morgan fingerprint density at radius 3 is 2.54 bits per heavy atom. The van der Waals surface area contributed by atoms with Gasteiger partial charge < -0.3 is 14.6 Å². The lowest BCUT2D eigenvalue weighted by Crippen LogP contribution is -2.36. The second-order valence-electron chi connectivity index (χ2n) is 11.0. The van der Waals surface area contributed by atoms with E-state index in [2.05, 4.69) is 37.6 Å². The number of methoxy groups -OCH3 is 1. The van der Waals surface area contributed by atoms with Crippen LogP contribution in [0.15, 0.2) is 48.7 Å². The minimum atomic E-state index is -0.829. The number of hydrogen-bond donors (Lipinski definition) is 1. The van der Waals surface area contributed by atoms with E-state index in [-0.39, 0.29) is 5.82 Å². The van der Waals surface area contributed by atoms with E-state index in [1.165, 1.54) is 0 Å². The highest BCUT2D eigenvalue weighted by Gasteiger charge is 2.27. The maximum Gasteiger partial charge on any atom is 0.306 e. The quantitative estimate of drug-likeness (QED) is 0.307. The molecule has 2 heterocycles. The van der Waals surface area contributed by atoms with Crippen LogP contribution in [0.25, 0.3) is 11.1 Å². The van der Waals surface area contributed by atoms with Gasteiger partial charge in [-0.2, -0.15) is 0 Å². The monoisotopic (exact) mass is 534 g/mol. The van der Waals surface area contributed by atoms with Crippen LogP contribution in [0, 0.1) is 11.7 Å². The first-order chi connectivity index (χ1) is 18.6. The van der Waals surface area contributed by atoms with Crippen molar-refractivity contribution in [1.29, 1.82) is 0 Å². The molecule has 0 spiro atoms. The zero-order chi connectivity index (χ0) is 28.3. The van der Waals surface area contributed by atoms with E-state index in [0.29, 0.717) is 48.7 Å². The molecular weight excluding hydrogens is 495 g/mol. The molecule has 4 rings (SSSR count). The Bertz CT molecular complexity index is 1320. The fourth-order valence-corrected chi connectivity index (χ4v) is 5.33. The molecule has 1 aromatic heterocycles. The van der Waals surface area contributed by atoms with Crippen LogP contribution in [0.1, 0.15) is 69.4 Å². The Balaban J connectivity index is 1.72. The lowest BCUT2D eigenvalue weighted by Gasteiger charge is -2.32. The van der Waals surface area contributed by atoms with Crippen LogP contribution in [-0.4, -0.2) is 40.2 Å². The Kier molecular flexibility index (Phi) is 8.90. The van der Waals surface area contributed by atoms with Gasteiger partial charge >= 0.3 is 5.97 Å². The van der Waals surface area contributed by atoms with Crippen molar-refractivity contribution in [3.8, 4) is 22.8 Å². The third-order valence-electron chi connectivity index (χ3n) is 7.54. The first-order valence-electron chi connectivity index (χ1n) is 13.7. The molecule has 0 saturated carbocycles. The minimum Gasteiger partial charge on any atom is -0.485 e. The average molecular weight is 535 g/mol. The van der Waals surface area contributed by atoms with E-state index in [1.54, 1.807) is 26.3 Å². The van der Waals surface area contributed by atoms with Gasteiger partial charge in [-0.3, -0.25) is 9.69 Å². The minimum absolute atomic E-state index is 0.308. The van der Waals surface area contributed by atoms with Gasteiger partial charge in [-0.05, 0) is 99.0 Å². The molecule has 2 aromatic carbocycles. The van der Waals surface area contributed by atoms with E-state index in [9.17, 15) is 9.90 Å². The van der Waals surface area contributed by atoms with Gasteiger partial charge in [0.25, 0.3) is 0 Å². The van der Waals surface area contributed by atoms with Crippen LogP contribution in [0.4, 0.5) is 4.39 Å². The Morgan fingerprint density at radius 2 is 1.87 bits per heavy atom. The summed E-state index contributed by atoms with van der Waals surface area (Å²) in [6.07, 6.45) is 3.08. The fraction of sp³-hybridized carbons (Fsp3) is 0.438. The summed E-state index contributed by atoms with van der Waals surface area (Å²) in [7, 11) is 1.57. The van der Waals surface area contributed by atoms with Crippen LogP contribution in [0.5, 0.6) is 11.6 Å². The molecular formula is C32H39FN2O4. The molecule has 208 valence electrons. The van der Waals surface area contributed by atoms with Gasteiger partial charge in [-0.1, -0.05) is 19.1 Å². The van der Waals surface area contributed by atoms with Gasteiger partial charge in [0.1, 0.15) is 17.7 Å². The summed E-state index contributed by atoms with van der Waals surface area (Å²) in [5.41, 5.74) is 5.17. The highest BCUT2D eigenvalue weighted by molar-refractivity contribution is 5.70. The molecule has 6 nitrogen and oxygen atoms in total. The number of halogens is 1. The summed E-state index contributed by atoms with van der Waals surface area (Å²) < 4.78 is 27.6. The van der Waals surface area contributed by atoms with E-state index in [4.69, 9.17) is 9.47 Å². The standard InChI is InChI=1S/C32H39FN2O4/c1-19(2)35(20(3)4)18-25-15-27(28(33)17-26(25)24-11-12-34-31(16-24)38-6)29-10-9-23-8-7-22(14-30(23)39-29)13-21(5)32(36)37/h7-8,11-12,14-17,19-21,29H,9-10,13,18H2,1-6H3,(H,36,37)/t21-,29?/m0/s1. The van der Waals surface area contributed by atoms with E-state index < -0.39 is 18.0 Å². The molecule has 2 atom stereocenters. The number of pyridine rings is 1. The number of hydrogen-bond acceptors (Lipinski definition) is 5. The molecule has 0 radical (unpaired) electrons. The van der Waals surface area contributed by atoms with Crippen molar-refractivity contribution < 1.29 is 23.8 Å². The van der Waals surface area contributed by atoms with Gasteiger partial charge in [0.05, 0.1) is 13.0 Å². The molecule has 0 bridgehead atoms. The Morgan fingerprint density at radius 1 is 1.13 bits per heavy atom. The smallest absolute Gasteiger partial charge is 0.306 e. The summed E-state index contributed by atoms with van der Waals surface area (Å²) in [6, 6.07) is 13.8. The van der Waals surface area contributed by atoms with Crippen molar-refractivity contribution in [2.45, 2.75) is 78.6 Å². The predicted octanol–water partition coefficient (Wildman–Crippen LogP) is 6.84. The summed E-state index contributed by atoms with van der Waals surface area (Å²) in [4.78, 5) is 17.9. The molecule has 1 unspecified atom stereocenters. The fourth-order valence-electron chi connectivity index (χ4n) is 5.33. The lowest BCUT2D eigenvalue weighted by atomic mass is 9.91. The van der Waals surface area contributed by atoms with E-state index in [1.807, 2.05) is 36.4 Å². The van der Waals surface area contributed by atoms with Crippen LogP contribution in [0.3, 0.4) is 0 Å². The molecule has 0 saturated heterocycles. The van der Waals surface area contributed by atoms with Crippen molar-refractivity contribution in [1.82, 2.24) is 9.88 Å². The number of carboxylic acids is 1. The van der Waals surface area contributed by atoms with Crippen molar-refractivity contribution in [2.24, 2.45) is 5.92 Å². The predicted molar refractivity (Wildman–Crippen MR) is 151 cm³/mol. The van der Waals surface area contributed by atoms with Crippen LogP contribution in [0.2, 0.25) is 0 Å². The Labute approximate surface area is 230 Å². The summed E-state index contributed by atoms with van der Waals surface area (Å²) >= 11 is 0. The normalized spacial score (nSPS) is 15.8. The average Bonchev–Trinajstić information content (AvgIpc) is 2.91. The molecule has 39 heavy (non-hydrogen) atoms. The largest absolute Gasteiger partial charge is 0.485 e. The van der Waals surface area contributed by atoms with Crippen LogP contribution >= 0.6 is 0 Å². The van der Waals surface area contributed by atoms with Crippen molar-refractivity contribution in [3.05, 3.63) is 76.7 Å². The maximum atomic E-state index is 15.8. The van der Waals surface area contributed by atoms with Crippen molar-refractivity contribution in [2.75, 3.05) is 7.11 Å². The third kappa shape index (κ3) is 6.59. The summed E-state index contributed by atoms with van der Waals surface area (Å²) in [5.74, 6) is -0.449. The van der Waals surface area contributed by atoms with Gasteiger partial charge in [-0.15, -0.1) is 0 Å². The number of aryl methyl sites for hydroxylation is 1. The molecule has 3 aromatic rings. The molecule has 1 N–H and O–H groups in total. The van der Waals surface area contributed by atoms with Gasteiger partial charge in [0, 0.05) is 36.5 Å². The molecule has 1 aliphatic rings. The second-order valence-corrected chi connectivity index (χ2v) is 11.0. The first-order valence-corrected chi connectivity index (χ1v) is 13.7. The Hall–Kier alpha value is -3.45. The van der Waals surface area contributed by atoms with Gasteiger partial charge in [0.2, 0.25) is 5.88 Å². The number of aliphatic carboxylic acids is 1. The van der Waals surface area contributed by atoms with Crippen LogP contribution in [-0.2, 0) is 24.2 Å². The highest BCUT2D eigenvalue weighted by atomic mass is 19.1. The first kappa shape index (κ1) is 28.6. The molecule has 1 aliphatic heterocycles. The molecule has 0 amide bonds. The number of benzene rings is 2. The molecule has 0 fully saturated rings. The SMILES string of the molecule is COc1cc(-c2cc(F)c(C3CCc4ccc(C[C@H](C)C(=O)O)cc4O3)cc2CN(C(C)C)C(C)C)ccn1. The number of ether oxygens (including phenoxy) is 2. The highest BCUT2D eigenvalue weighted by Crippen LogP contribution is 2.39. The second kappa shape index (κ2) is 12.2. The van der Waals surface area contributed by atoms with Crippen molar-refractivity contribution in [3.63, 3.8) is 0 Å². The lowest BCUT2D eigenvalue weighted by molar-refractivity contribution is -0.141. The van der Waals surface area contributed by atoms with E-state index in [0.717, 1.165) is 34.2 Å². The summed E-state index contributed by atoms with van der Waals surface area (Å²) in [6.45, 7) is 11.0. The number of carbonyl (C=O) groups is 1. The summed E-state index contributed by atoms with van der Waals surface area (Å²) in [5, 5.41) is 9.31. The maximum absolute atomic E-state index is 15.8.